The number of aromatic carboxylic acids is 1. The Morgan fingerprint density at radius 3 is 2.30 bits per heavy atom. The lowest BCUT2D eigenvalue weighted by atomic mass is 10.2. The van der Waals surface area contributed by atoms with Crippen LogP contribution < -0.4 is 9.04 Å². The van der Waals surface area contributed by atoms with Crippen LogP contribution in [0.4, 0.5) is 10.1 Å². The summed E-state index contributed by atoms with van der Waals surface area (Å²) in [5, 5.41) is 9.14. The molecule has 0 saturated heterocycles. The first-order valence-corrected chi connectivity index (χ1v) is 7.87. The van der Waals surface area contributed by atoms with Crippen molar-refractivity contribution in [2.45, 2.75) is 4.90 Å². The topological polar surface area (TPSA) is 83.9 Å². The maximum atomic E-state index is 12.9. The number of hydrogen-bond donors (Lipinski definition) is 1. The van der Waals surface area contributed by atoms with Crippen LogP contribution in [0.3, 0.4) is 0 Å². The Hall–Kier alpha value is -2.61. The maximum absolute atomic E-state index is 12.9. The second-order valence-electron chi connectivity index (χ2n) is 4.62. The highest BCUT2D eigenvalue weighted by molar-refractivity contribution is 7.92. The molecule has 8 heteroatoms. The van der Waals surface area contributed by atoms with E-state index in [0.29, 0.717) is 0 Å². The number of benzene rings is 2. The van der Waals surface area contributed by atoms with Gasteiger partial charge in [0.1, 0.15) is 17.1 Å². The van der Waals surface area contributed by atoms with Crippen LogP contribution in [0.25, 0.3) is 0 Å². The average molecular weight is 339 g/mol. The van der Waals surface area contributed by atoms with Gasteiger partial charge in [-0.2, -0.15) is 0 Å². The molecule has 0 spiro atoms. The molecule has 1 N–H and O–H groups in total. The highest BCUT2D eigenvalue weighted by Crippen LogP contribution is 2.26. The zero-order chi connectivity index (χ0) is 17.2. The molecule has 0 bridgehead atoms. The summed E-state index contributed by atoms with van der Waals surface area (Å²) in [4.78, 5) is 11.0. The minimum absolute atomic E-state index is 0.0564. The summed E-state index contributed by atoms with van der Waals surface area (Å²) in [7, 11) is -1.40. The van der Waals surface area contributed by atoms with E-state index < -0.39 is 21.8 Å². The molecule has 0 aliphatic carbocycles. The van der Waals surface area contributed by atoms with Crippen molar-refractivity contribution in [2.75, 3.05) is 18.5 Å². The minimum Gasteiger partial charge on any atom is -0.496 e. The predicted molar refractivity (Wildman–Crippen MR) is 81.9 cm³/mol. The molecular formula is C15H14FNO5S. The second-order valence-corrected chi connectivity index (χ2v) is 6.59. The van der Waals surface area contributed by atoms with Crippen LogP contribution in [0, 0.1) is 5.82 Å². The van der Waals surface area contributed by atoms with E-state index in [1.807, 2.05) is 0 Å². The van der Waals surface area contributed by atoms with Gasteiger partial charge in [-0.3, -0.25) is 4.31 Å². The number of sulfonamides is 1. The molecule has 6 nitrogen and oxygen atoms in total. The molecule has 0 radical (unpaired) electrons. The van der Waals surface area contributed by atoms with Crippen molar-refractivity contribution < 1.29 is 27.4 Å². The van der Waals surface area contributed by atoms with Crippen molar-refractivity contribution in [2.24, 2.45) is 0 Å². The molecule has 0 heterocycles. The zero-order valence-corrected chi connectivity index (χ0v) is 13.2. The molecule has 23 heavy (non-hydrogen) atoms. The molecule has 2 aromatic carbocycles. The predicted octanol–water partition coefficient (Wildman–Crippen LogP) is 2.36. The number of hydrogen-bond acceptors (Lipinski definition) is 4. The van der Waals surface area contributed by atoms with E-state index in [0.717, 1.165) is 22.5 Å². The Bertz CT molecular complexity index is 833. The van der Waals surface area contributed by atoms with E-state index in [1.165, 1.54) is 38.4 Å². The van der Waals surface area contributed by atoms with Gasteiger partial charge in [-0.25, -0.2) is 17.6 Å². The van der Waals surface area contributed by atoms with Crippen LogP contribution >= 0.6 is 0 Å². The normalized spacial score (nSPS) is 11.1. The van der Waals surface area contributed by atoms with Gasteiger partial charge in [-0.1, -0.05) is 0 Å². The summed E-state index contributed by atoms with van der Waals surface area (Å²) < 4.78 is 44.0. The molecule has 0 unspecified atom stereocenters. The molecule has 122 valence electrons. The lowest BCUT2D eigenvalue weighted by Crippen LogP contribution is -2.26. The third-order valence-corrected chi connectivity index (χ3v) is 5.03. The lowest BCUT2D eigenvalue weighted by Gasteiger charge is -2.20. The first-order chi connectivity index (χ1) is 10.8. The van der Waals surface area contributed by atoms with Crippen molar-refractivity contribution in [3.05, 3.63) is 53.8 Å². The van der Waals surface area contributed by atoms with Crippen molar-refractivity contribution in [1.82, 2.24) is 0 Å². The Labute approximate surface area is 132 Å². The highest BCUT2D eigenvalue weighted by atomic mass is 32.2. The fraction of sp³-hybridized carbons (Fsp3) is 0.133. The van der Waals surface area contributed by atoms with Crippen molar-refractivity contribution >= 4 is 21.7 Å². The monoisotopic (exact) mass is 339 g/mol. The second kappa shape index (κ2) is 6.25. The van der Waals surface area contributed by atoms with Gasteiger partial charge in [-0.05, 0) is 42.5 Å². The van der Waals surface area contributed by atoms with Gasteiger partial charge in [-0.15, -0.1) is 0 Å². The fourth-order valence-corrected chi connectivity index (χ4v) is 3.18. The maximum Gasteiger partial charge on any atom is 0.339 e. The van der Waals surface area contributed by atoms with Gasteiger partial charge in [0.15, 0.2) is 0 Å². The summed E-state index contributed by atoms with van der Waals surface area (Å²) in [5.74, 6) is -1.73. The third-order valence-electron chi connectivity index (χ3n) is 3.25. The van der Waals surface area contributed by atoms with Crippen LogP contribution in [0.1, 0.15) is 10.4 Å². The first kappa shape index (κ1) is 16.8. The van der Waals surface area contributed by atoms with E-state index in [9.17, 15) is 17.6 Å². The van der Waals surface area contributed by atoms with Gasteiger partial charge in [0.2, 0.25) is 0 Å². The van der Waals surface area contributed by atoms with Gasteiger partial charge in [0.25, 0.3) is 10.0 Å². The van der Waals surface area contributed by atoms with Gasteiger partial charge < -0.3 is 9.84 Å². The van der Waals surface area contributed by atoms with E-state index in [1.54, 1.807) is 0 Å². The Kier molecular flexibility index (Phi) is 4.55. The van der Waals surface area contributed by atoms with E-state index in [-0.39, 0.29) is 21.9 Å². The lowest BCUT2D eigenvalue weighted by molar-refractivity contribution is 0.0693. The summed E-state index contributed by atoms with van der Waals surface area (Å²) >= 11 is 0. The molecule has 0 aliphatic heterocycles. The Morgan fingerprint density at radius 2 is 1.78 bits per heavy atom. The summed E-state index contributed by atoms with van der Waals surface area (Å²) in [6.45, 7) is 0. The molecular weight excluding hydrogens is 325 g/mol. The number of methoxy groups -OCH3 is 1. The van der Waals surface area contributed by atoms with Crippen LogP contribution in [0.2, 0.25) is 0 Å². The van der Waals surface area contributed by atoms with Crippen LogP contribution in [0.5, 0.6) is 5.75 Å². The average Bonchev–Trinajstić information content (AvgIpc) is 2.54. The smallest absolute Gasteiger partial charge is 0.339 e. The number of anilines is 1. The van der Waals surface area contributed by atoms with E-state index in [2.05, 4.69) is 0 Å². The number of carbonyl (C=O) groups is 1. The molecule has 2 rings (SSSR count). The number of halogens is 1. The first-order valence-electron chi connectivity index (χ1n) is 6.43. The molecule has 0 amide bonds. The Balaban J connectivity index is 2.49. The zero-order valence-electron chi connectivity index (χ0n) is 12.4. The molecule has 0 aromatic heterocycles. The van der Waals surface area contributed by atoms with Crippen LogP contribution in [0.15, 0.2) is 47.4 Å². The standard InChI is InChI=1S/C15H14FNO5S/c1-17(11-5-3-10(16)4-6-11)23(20,21)12-7-8-14(22-2)13(9-12)15(18)19/h3-9H,1-2H3,(H,18,19). The molecule has 0 fully saturated rings. The molecule has 0 aliphatic rings. The quantitative estimate of drug-likeness (QED) is 0.904. The molecule has 2 aromatic rings. The molecule has 0 atom stereocenters. The van der Waals surface area contributed by atoms with E-state index in [4.69, 9.17) is 9.84 Å². The van der Waals surface area contributed by atoms with Gasteiger partial charge in [0.05, 0.1) is 17.7 Å². The summed E-state index contributed by atoms with van der Waals surface area (Å²) in [6.07, 6.45) is 0. The Morgan fingerprint density at radius 1 is 1.17 bits per heavy atom. The van der Waals surface area contributed by atoms with Gasteiger partial charge >= 0.3 is 5.97 Å². The molecule has 0 saturated carbocycles. The van der Waals surface area contributed by atoms with Crippen molar-refractivity contribution in [1.29, 1.82) is 0 Å². The summed E-state index contributed by atoms with van der Waals surface area (Å²) in [5.41, 5.74) is -0.0137. The number of carboxylic acids is 1. The van der Waals surface area contributed by atoms with E-state index >= 15 is 0 Å². The number of rotatable bonds is 5. The van der Waals surface area contributed by atoms with Crippen LogP contribution in [-0.2, 0) is 10.0 Å². The van der Waals surface area contributed by atoms with Crippen molar-refractivity contribution in [3.63, 3.8) is 0 Å². The van der Waals surface area contributed by atoms with Crippen molar-refractivity contribution in [3.8, 4) is 5.75 Å². The van der Waals surface area contributed by atoms with Gasteiger partial charge in [0, 0.05) is 7.05 Å². The number of nitrogens with zero attached hydrogens (tertiary/aromatic N) is 1. The number of carboxylic acid groups (broad SMARTS) is 1. The van der Waals surface area contributed by atoms with Crippen LogP contribution in [-0.4, -0.2) is 33.7 Å². The largest absolute Gasteiger partial charge is 0.496 e. The highest BCUT2D eigenvalue weighted by Gasteiger charge is 2.24. The SMILES string of the molecule is COc1ccc(S(=O)(=O)N(C)c2ccc(F)cc2)cc1C(=O)O. The minimum atomic E-state index is -3.99. The summed E-state index contributed by atoms with van der Waals surface area (Å²) in [6, 6.07) is 8.45. The third kappa shape index (κ3) is 3.26. The fourth-order valence-electron chi connectivity index (χ4n) is 1.96. The number of ether oxygens (including phenoxy) is 1.